The molecule has 1 fully saturated rings. The van der Waals surface area contributed by atoms with Gasteiger partial charge in [-0.25, -0.2) is 13.8 Å². The molecule has 2 N–H and O–H groups in total. The molecule has 1 saturated heterocycles. The van der Waals surface area contributed by atoms with Crippen LogP contribution in [0.3, 0.4) is 0 Å². The van der Waals surface area contributed by atoms with E-state index in [4.69, 9.17) is 4.74 Å². The van der Waals surface area contributed by atoms with Gasteiger partial charge in [0.05, 0.1) is 19.3 Å². The number of phenolic OH excluding ortho intramolecular Hbond substituents is 1. The number of anilines is 1. The maximum Gasteiger partial charge on any atom is 0.194 e. The Hall–Kier alpha value is -3.03. The van der Waals surface area contributed by atoms with E-state index < -0.39 is 11.6 Å². The first kappa shape index (κ1) is 20.7. The van der Waals surface area contributed by atoms with Gasteiger partial charge < -0.3 is 25.0 Å². The molecule has 2 aromatic carbocycles. The largest absolute Gasteiger partial charge is 0.504 e. The van der Waals surface area contributed by atoms with Crippen molar-refractivity contribution in [1.29, 1.82) is 0 Å². The van der Waals surface area contributed by atoms with Gasteiger partial charge in [0.1, 0.15) is 11.6 Å². The van der Waals surface area contributed by atoms with Gasteiger partial charge >= 0.3 is 0 Å². The molecule has 0 unspecified atom stereocenters. The Balaban J connectivity index is 1.69. The Morgan fingerprint density at radius 2 is 1.93 bits per heavy atom. The number of hydrogen-bond donors (Lipinski definition) is 2. The van der Waals surface area contributed by atoms with Crippen molar-refractivity contribution in [2.24, 2.45) is 4.99 Å². The quantitative estimate of drug-likeness (QED) is 0.593. The highest BCUT2D eigenvalue weighted by atomic mass is 19.1. The van der Waals surface area contributed by atoms with E-state index in [0.29, 0.717) is 56.5 Å². The standard InChI is InChI=1S/C21H26F2N4O2/c1-3-24-21(25-14-15-5-4-6-19(29-2)20(15)28)27-11-9-26(10-12-27)18-13-16(22)7-8-17(18)23/h4-8,13,28H,3,9-12,14H2,1-2H3,(H,24,25). The number of aliphatic imine (C=N–C) groups is 1. The van der Waals surface area contributed by atoms with Crippen molar-refractivity contribution in [3.8, 4) is 11.5 Å². The number of ether oxygens (including phenoxy) is 1. The molecule has 0 saturated carbocycles. The third-order valence-corrected chi connectivity index (χ3v) is 4.86. The first-order chi connectivity index (χ1) is 14.0. The van der Waals surface area contributed by atoms with Gasteiger partial charge in [-0.2, -0.15) is 0 Å². The molecule has 0 radical (unpaired) electrons. The fraction of sp³-hybridized carbons (Fsp3) is 0.381. The lowest BCUT2D eigenvalue weighted by Crippen LogP contribution is -2.52. The number of nitrogens with one attached hydrogen (secondary N) is 1. The zero-order valence-electron chi connectivity index (χ0n) is 16.7. The van der Waals surface area contributed by atoms with Crippen LogP contribution in [0.1, 0.15) is 12.5 Å². The molecule has 8 heteroatoms. The highest BCUT2D eigenvalue weighted by molar-refractivity contribution is 5.80. The monoisotopic (exact) mass is 404 g/mol. The smallest absolute Gasteiger partial charge is 0.194 e. The van der Waals surface area contributed by atoms with Gasteiger partial charge in [0.25, 0.3) is 0 Å². The number of rotatable bonds is 5. The highest BCUT2D eigenvalue weighted by Gasteiger charge is 2.22. The summed E-state index contributed by atoms with van der Waals surface area (Å²) in [5.74, 6) is 0.342. The van der Waals surface area contributed by atoms with Crippen molar-refractivity contribution in [2.45, 2.75) is 13.5 Å². The van der Waals surface area contributed by atoms with Crippen LogP contribution in [0.15, 0.2) is 41.4 Å². The van der Waals surface area contributed by atoms with Crippen LogP contribution in [-0.4, -0.2) is 55.8 Å². The Labute approximate surface area is 169 Å². The predicted octanol–water partition coefficient (Wildman–Crippen LogP) is 2.97. The van der Waals surface area contributed by atoms with Gasteiger partial charge in [0.15, 0.2) is 17.5 Å². The van der Waals surface area contributed by atoms with E-state index in [1.165, 1.54) is 13.2 Å². The van der Waals surface area contributed by atoms with Gasteiger partial charge in [-0.05, 0) is 25.1 Å². The number of guanidine groups is 1. The van der Waals surface area contributed by atoms with Gasteiger partial charge in [0.2, 0.25) is 0 Å². The number of hydrogen-bond acceptors (Lipinski definition) is 4. The van der Waals surface area contributed by atoms with Crippen LogP contribution in [0.25, 0.3) is 0 Å². The maximum absolute atomic E-state index is 14.0. The minimum Gasteiger partial charge on any atom is -0.504 e. The predicted molar refractivity (Wildman–Crippen MR) is 110 cm³/mol. The van der Waals surface area contributed by atoms with Crippen LogP contribution < -0.4 is 15.0 Å². The summed E-state index contributed by atoms with van der Waals surface area (Å²) in [7, 11) is 1.51. The molecular weight excluding hydrogens is 378 g/mol. The average Bonchev–Trinajstić information content (AvgIpc) is 2.74. The van der Waals surface area contributed by atoms with E-state index >= 15 is 0 Å². The molecule has 3 rings (SSSR count). The molecule has 29 heavy (non-hydrogen) atoms. The summed E-state index contributed by atoms with van der Waals surface area (Å²) in [5, 5.41) is 13.5. The first-order valence-electron chi connectivity index (χ1n) is 9.61. The van der Waals surface area contributed by atoms with Crippen molar-refractivity contribution >= 4 is 11.6 Å². The molecule has 0 spiro atoms. The molecule has 0 atom stereocenters. The average molecular weight is 404 g/mol. The van der Waals surface area contributed by atoms with E-state index in [1.807, 2.05) is 17.9 Å². The topological polar surface area (TPSA) is 60.3 Å². The number of halogens is 2. The summed E-state index contributed by atoms with van der Waals surface area (Å²) in [6, 6.07) is 8.81. The minimum absolute atomic E-state index is 0.0843. The first-order valence-corrected chi connectivity index (χ1v) is 9.61. The highest BCUT2D eigenvalue weighted by Crippen LogP contribution is 2.29. The molecule has 156 valence electrons. The summed E-state index contributed by atoms with van der Waals surface area (Å²) in [4.78, 5) is 8.55. The molecule has 0 amide bonds. The zero-order valence-corrected chi connectivity index (χ0v) is 16.7. The van der Waals surface area contributed by atoms with Gasteiger partial charge in [-0.3, -0.25) is 0 Å². The van der Waals surface area contributed by atoms with E-state index in [1.54, 1.807) is 12.1 Å². The van der Waals surface area contributed by atoms with Crippen molar-refractivity contribution in [3.63, 3.8) is 0 Å². The summed E-state index contributed by atoms with van der Waals surface area (Å²) >= 11 is 0. The third-order valence-electron chi connectivity index (χ3n) is 4.86. The number of phenols is 1. The van der Waals surface area contributed by atoms with Crippen LogP contribution in [-0.2, 0) is 6.54 Å². The molecule has 0 aliphatic carbocycles. The Morgan fingerprint density at radius 3 is 2.62 bits per heavy atom. The van der Waals surface area contributed by atoms with E-state index in [9.17, 15) is 13.9 Å². The number of methoxy groups -OCH3 is 1. The molecule has 6 nitrogen and oxygen atoms in total. The van der Waals surface area contributed by atoms with Crippen LogP contribution in [0.4, 0.5) is 14.5 Å². The fourth-order valence-electron chi connectivity index (χ4n) is 3.33. The molecule has 0 bridgehead atoms. The minimum atomic E-state index is -0.447. The Bertz CT molecular complexity index is 868. The summed E-state index contributed by atoms with van der Waals surface area (Å²) in [5.41, 5.74) is 0.952. The molecule has 2 aromatic rings. The van der Waals surface area contributed by atoms with Gasteiger partial charge in [-0.1, -0.05) is 12.1 Å². The number of nitrogens with zero attached hydrogens (tertiary/aromatic N) is 3. The van der Waals surface area contributed by atoms with Crippen LogP contribution in [0, 0.1) is 11.6 Å². The number of aromatic hydroxyl groups is 1. The lowest BCUT2D eigenvalue weighted by Gasteiger charge is -2.37. The lowest BCUT2D eigenvalue weighted by atomic mass is 10.2. The van der Waals surface area contributed by atoms with Gasteiger partial charge in [-0.15, -0.1) is 0 Å². The van der Waals surface area contributed by atoms with Crippen LogP contribution >= 0.6 is 0 Å². The zero-order chi connectivity index (χ0) is 20.8. The van der Waals surface area contributed by atoms with Crippen molar-refractivity contribution in [1.82, 2.24) is 10.2 Å². The molecule has 1 aliphatic heterocycles. The number of benzene rings is 2. The summed E-state index contributed by atoms with van der Waals surface area (Å²) in [6.45, 7) is 5.31. The second-order valence-electron chi connectivity index (χ2n) is 6.71. The molecule has 1 aliphatic rings. The van der Waals surface area contributed by atoms with E-state index in [-0.39, 0.29) is 11.4 Å². The third kappa shape index (κ3) is 4.88. The van der Waals surface area contributed by atoms with Crippen LogP contribution in [0.2, 0.25) is 0 Å². The molecule has 1 heterocycles. The van der Waals surface area contributed by atoms with Gasteiger partial charge in [0, 0.05) is 44.4 Å². The molecule has 0 aromatic heterocycles. The SMILES string of the molecule is CCNC(=NCc1cccc(OC)c1O)N1CCN(c2cc(F)ccc2F)CC1. The van der Waals surface area contributed by atoms with Crippen LogP contribution in [0.5, 0.6) is 11.5 Å². The van der Waals surface area contributed by atoms with Crippen molar-refractivity contribution < 1.29 is 18.6 Å². The van der Waals surface area contributed by atoms with E-state index in [2.05, 4.69) is 15.2 Å². The molecular formula is C21H26F2N4O2. The van der Waals surface area contributed by atoms with Crippen molar-refractivity contribution in [3.05, 3.63) is 53.6 Å². The maximum atomic E-state index is 14.0. The second kappa shape index (κ2) is 9.45. The normalized spacial score (nSPS) is 14.8. The number of piperazine rings is 1. The fourth-order valence-corrected chi connectivity index (χ4v) is 3.33. The van der Waals surface area contributed by atoms with Crippen molar-refractivity contribution in [2.75, 3.05) is 44.7 Å². The summed E-state index contributed by atoms with van der Waals surface area (Å²) < 4.78 is 32.7. The summed E-state index contributed by atoms with van der Waals surface area (Å²) in [6.07, 6.45) is 0. The van der Waals surface area contributed by atoms with E-state index in [0.717, 1.165) is 12.1 Å². The Kier molecular flexibility index (Phi) is 6.74. The number of para-hydroxylation sites is 1. The second-order valence-corrected chi connectivity index (χ2v) is 6.71. The Morgan fingerprint density at radius 1 is 1.17 bits per heavy atom. The lowest BCUT2D eigenvalue weighted by molar-refractivity contribution is 0.367.